The van der Waals surface area contributed by atoms with Gasteiger partial charge in [0.25, 0.3) is 11.4 Å². The Hall–Kier alpha value is -5.74. The molecule has 6 rings (SSSR count). The molecule has 1 N–H and O–H groups in total. The first-order chi connectivity index (χ1) is 24.7. The van der Waals surface area contributed by atoms with Crippen molar-refractivity contribution in [3.63, 3.8) is 0 Å². The molecule has 0 atom stereocenters. The van der Waals surface area contributed by atoms with E-state index in [4.69, 9.17) is 14.8 Å². The van der Waals surface area contributed by atoms with Crippen LogP contribution < -0.4 is 4.80 Å². The quantitative estimate of drug-likeness (QED) is 0.0916. The number of hydrogen-bond donors (Lipinski definition) is 1. The topological polar surface area (TPSA) is 193 Å². The van der Waals surface area contributed by atoms with Gasteiger partial charge in [-0.05, 0) is 66.8 Å². The Morgan fingerprint density at radius 1 is 0.923 bits per heavy atom. The molecule has 270 valence electrons. The number of aromatic hydroxyl groups is 1. The minimum Gasteiger partial charge on any atom is -0.497 e. The summed E-state index contributed by atoms with van der Waals surface area (Å²) in [5, 5.41) is 43.1. The molecule has 1 aliphatic rings. The van der Waals surface area contributed by atoms with Crippen LogP contribution in [0.1, 0.15) is 66.9 Å². The number of phenolic OH excluding ortho intramolecular Hbond substituents is 1. The van der Waals surface area contributed by atoms with Crippen molar-refractivity contribution in [1.29, 1.82) is 0 Å². The van der Waals surface area contributed by atoms with Gasteiger partial charge in [-0.1, -0.05) is 63.2 Å². The number of nitro groups is 3. The van der Waals surface area contributed by atoms with Crippen LogP contribution in [0.4, 0.5) is 22.1 Å². The van der Waals surface area contributed by atoms with Crippen LogP contribution in [-0.4, -0.2) is 37.0 Å². The summed E-state index contributed by atoms with van der Waals surface area (Å²) in [6.07, 6.45) is 4.20. The average molecular weight is 746 g/mol. The molecule has 52 heavy (non-hydrogen) atoms. The number of carbonyl (C=O) groups is 1. The number of aryl methyl sites for hydroxylation is 1. The Kier molecular flexibility index (Phi) is 11.3. The molecular formula is C36H35N5O9S2. The SMILES string of the molecule is CCOC(=O)c1c(/N=c2\scc(-c3ccc(C(C)(C)C)cc3)n2-c2ccccc2)sc2c1CCCC2.O=[N+]([O-])c1cc([N+](=O)[O-])c(O)c([N+](=O)[O-])c1. The van der Waals surface area contributed by atoms with E-state index in [0.717, 1.165) is 58.0 Å². The fraction of sp³-hybridized carbons (Fsp3) is 0.278. The van der Waals surface area contributed by atoms with Crippen molar-refractivity contribution < 1.29 is 29.4 Å². The van der Waals surface area contributed by atoms with E-state index in [1.807, 2.05) is 25.1 Å². The van der Waals surface area contributed by atoms with Crippen molar-refractivity contribution in [3.8, 4) is 22.7 Å². The number of hydrogen-bond acceptors (Lipinski definition) is 12. The Labute approximate surface area is 305 Å². The van der Waals surface area contributed by atoms with Gasteiger partial charge in [0, 0.05) is 15.9 Å². The molecule has 16 heteroatoms. The van der Waals surface area contributed by atoms with Gasteiger partial charge in [-0.2, -0.15) is 0 Å². The Morgan fingerprint density at radius 3 is 2.10 bits per heavy atom. The fourth-order valence-electron chi connectivity index (χ4n) is 5.66. The van der Waals surface area contributed by atoms with Crippen LogP contribution in [0.3, 0.4) is 0 Å². The van der Waals surface area contributed by atoms with Crippen molar-refractivity contribution in [1.82, 2.24) is 4.57 Å². The highest BCUT2D eigenvalue weighted by atomic mass is 32.1. The highest BCUT2D eigenvalue weighted by molar-refractivity contribution is 7.16. The lowest BCUT2D eigenvalue weighted by Gasteiger charge is -2.19. The Morgan fingerprint density at radius 2 is 1.54 bits per heavy atom. The van der Waals surface area contributed by atoms with Crippen LogP contribution in [0.15, 0.2) is 77.1 Å². The second-order valence-corrected chi connectivity index (χ2v) is 14.6. The van der Waals surface area contributed by atoms with E-state index in [0.29, 0.717) is 24.3 Å². The number of carbonyl (C=O) groups excluding carboxylic acids is 1. The average Bonchev–Trinajstić information content (AvgIpc) is 3.69. The van der Waals surface area contributed by atoms with E-state index in [1.54, 1.807) is 22.7 Å². The first kappa shape index (κ1) is 37.5. The zero-order valence-electron chi connectivity index (χ0n) is 28.7. The molecule has 0 saturated heterocycles. The standard InChI is InChI=1S/C30H32N2O2S2.C6H3N3O7/c1-5-34-28(33)26-23-13-9-10-14-25(23)36-27(26)31-29-32(22-11-7-6-8-12-22)24(19-35-29)20-15-17-21(18-16-20)30(2,3)4;10-6-4(8(13)14)1-3(7(11)12)2-5(6)9(15)16/h6-8,11-12,15-19H,5,9-10,13-14H2,1-4H3;1-2,10H/b31-29-;. The van der Waals surface area contributed by atoms with Gasteiger partial charge in [0.1, 0.15) is 5.00 Å². The van der Waals surface area contributed by atoms with Gasteiger partial charge >= 0.3 is 17.3 Å². The molecule has 1 aliphatic carbocycles. The van der Waals surface area contributed by atoms with Gasteiger partial charge in [-0.3, -0.25) is 34.9 Å². The van der Waals surface area contributed by atoms with Gasteiger partial charge in [0.2, 0.25) is 0 Å². The third-order valence-corrected chi connectivity index (χ3v) is 10.3. The van der Waals surface area contributed by atoms with Crippen LogP contribution in [0.2, 0.25) is 0 Å². The number of para-hydroxylation sites is 1. The van der Waals surface area contributed by atoms with E-state index in [2.05, 4.69) is 67.1 Å². The predicted molar refractivity (Wildman–Crippen MR) is 198 cm³/mol. The molecule has 0 radical (unpaired) electrons. The summed E-state index contributed by atoms with van der Waals surface area (Å²) < 4.78 is 7.66. The highest BCUT2D eigenvalue weighted by Gasteiger charge is 2.30. The fourth-order valence-corrected chi connectivity index (χ4v) is 7.88. The molecular weight excluding hydrogens is 711 g/mol. The van der Waals surface area contributed by atoms with Gasteiger partial charge in [-0.15, -0.1) is 22.7 Å². The van der Waals surface area contributed by atoms with E-state index < -0.39 is 37.6 Å². The van der Waals surface area contributed by atoms with E-state index in [1.165, 1.54) is 10.4 Å². The molecule has 0 unspecified atom stereocenters. The number of aromatic nitrogens is 1. The molecule has 14 nitrogen and oxygen atoms in total. The van der Waals surface area contributed by atoms with E-state index in [-0.39, 0.29) is 11.4 Å². The number of nitro benzene ring substituents is 3. The molecule has 5 aromatic rings. The minimum atomic E-state index is -1.21. The van der Waals surface area contributed by atoms with Crippen molar-refractivity contribution in [2.75, 3.05) is 6.61 Å². The molecule has 3 aromatic carbocycles. The van der Waals surface area contributed by atoms with Gasteiger partial charge < -0.3 is 9.84 Å². The minimum absolute atomic E-state index is 0.102. The molecule has 0 fully saturated rings. The number of thiophene rings is 1. The number of esters is 1. The van der Waals surface area contributed by atoms with E-state index in [9.17, 15) is 35.1 Å². The van der Waals surface area contributed by atoms with Crippen molar-refractivity contribution in [3.05, 3.63) is 129 Å². The summed E-state index contributed by atoms with van der Waals surface area (Å²) in [6, 6.07) is 20.0. The predicted octanol–water partition coefficient (Wildman–Crippen LogP) is 8.97. The molecule has 2 aromatic heterocycles. The van der Waals surface area contributed by atoms with Crippen LogP contribution in [0.5, 0.6) is 5.75 Å². The molecule has 0 spiro atoms. The third-order valence-electron chi connectivity index (χ3n) is 8.26. The number of benzene rings is 3. The maximum absolute atomic E-state index is 13.0. The summed E-state index contributed by atoms with van der Waals surface area (Å²) in [4.78, 5) is 48.0. The smallest absolute Gasteiger partial charge is 0.341 e. The number of thiazole rings is 1. The summed E-state index contributed by atoms with van der Waals surface area (Å²) >= 11 is 3.25. The number of non-ortho nitro benzene ring substituents is 1. The van der Waals surface area contributed by atoms with Gasteiger partial charge in [-0.25, -0.2) is 9.79 Å². The maximum Gasteiger partial charge on any atom is 0.341 e. The number of rotatable bonds is 8. The van der Waals surface area contributed by atoms with Crippen LogP contribution >= 0.6 is 22.7 Å². The monoisotopic (exact) mass is 745 g/mol. The second kappa shape index (κ2) is 15.7. The lowest BCUT2D eigenvalue weighted by Crippen LogP contribution is -2.14. The molecule has 0 amide bonds. The van der Waals surface area contributed by atoms with Crippen LogP contribution in [-0.2, 0) is 23.0 Å². The van der Waals surface area contributed by atoms with E-state index >= 15 is 0 Å². The zero-order chi connectivity index (χ0) is 37.7. The lowest BCUT2D eigenvalue weighted by molar-refractivity contribution is -0.404. The van der Waals surface area contributed by atoms with Crippen molar-refractivity contribution >= 4 is 50.7 Å². The Balaban J connectivity index is 0.000000275. The van der Waals surface area contributed by atoms with Gasteiger partial charge in [0.15, 0.2) is 4.80 Å². The zero-order valence-corrected chi connectivity index (χ0v) is 30.4. The third kappa shape index (κ3) is 8.08. The number of ether oxygens (including phenoxy) is 1. The van der Waals surface area contributed by atoms with Crippen molar-refractivity contribution in [2.24, 2.45) is 4.99 Å². The van der Waals surface area contributed by atoms with Crippen molar-refractivity contribution in [2.45, 2.75) is 58.8 Å². The van der Waals surface area contributed by atoms with Crippen LogP contribution in [0.25, 0.3) is 16.9 Å². The lowest BCUT2D eigenvalue weighted by atomic mass is 9.86. The summed E-state index contributed by atoms with van der Waals surface area (Å²) in [6.45, 7) is 8.91. The summed E-state index contributed by atoms with van der Waals surface area (Å²) in [5.74, 6) is -1.46. The first-order valence-electron chi connectivity index (χ1n) is 16.2. The number of nitrogens with zero attached hydrogens (tertiary/aromatic N) is 5. The Bertz CT molecular complexity index is 2180. The highest BCUT2D eigenvalue weighted by Crippen LogP contribution is 2.41. The molecule has 2 heterocycles. The molecule has 0 bridgehead atoms. The number of phenols is 1. The first-order valence-corrected chi connectivity index (χ1v) is 17.9. The van der Waals surface area contributed by atoms with Gasteiger partial charge in [0.05, 0.1) is 44.8 Å². The van der Waals surface area contributed by atoms with Crippen LogP contribution in [0, 0.1) is 30.3 Å². The number of fused-ring (bicyclic) bond motifs is 1. The summed E-state index contributed by atoms with van der Waals surface area (Å²) in [5.41, 5.74) is 3.49. The molecule has 0 saturated carbocycles. The maximum atomic E-state index is 13.0. The largest absolute Gasteiger partial charge is 0.497 e. The normalized spacial score (nSPS) is 12.7. The summed E-state index contributed by atoms with van der Waals surface area (Å²) in [7, 11) is 0. The second-order valence-electron chi connectivity index (χ2n) is 12.7. The molecule has 0 aliphatic heterocycles.